The van der Waals surface area contributed by atoms with Crippen molar-refractivity contribution in [2.24, 2.45) is 5.92 Å². The summed E-state index contributed by atoms with van der Waals surface area (Å²) < 4.78 is 0. The van der Waals surface area contributed by atoms with Crippen LogP contribution >= 0.6 is 0 Å². The van der Waals surface area contributed by atoms with E-state index in [4.69, 9.17) is 5.11 Å². The van der Waals surface area contributed by atoms with E-state index < -0.39 is 0 Å². The average molecular weight is 331 g/mol. The number of benzene rings is 1. The van der Waals surface area contributed by atoms with Crippen molar-refractivity contribution in [1.29, 1.82) is 0 Å². The van der Waals surface area contributed by atoms with Crippen molar-refractivity contribution < 1.29 is 14.7 Å². The molecule has 0 radical (unpaired) electrons. The van der Waals surface area contributed by atoms with E-state index in [1.165, 1.54) is 0 Å². The molecule has 1 saturated heterocycles. The molecular formula is C18H25N3O3. The van der Waals surface area contributed by atoms with Crippen LogP contribution in [0.3, 0.4) is 0 Å². The molecule has 2 N–H and O–H groups in total. The molecule has 1 aliphatic heterocycles. The first-order valence-electron chi connectivity index (χ1n) is 8.66. The fourth-order valence-electron chi connectivity index (χ4n) is 2.94. The van der Waals surface area contributed by atoms with Crippen molar-refractivity contribution >= 4 is 11.8 Å². The van der Waals surface area contributed by atoms with Crippen LogP contribution in [0.2, 0.25) is 0 Å². The topological polar surface area (TPSA) is 72.9 Å². The normalized spacial score (nSPS) is 18.5. The molecule has 0 aromatic heterocycles. The number of aliphatic hydroxyl groups is 1. The molecule has 0 unspecified atom stereocenters. The number of carbonyl (C=O) groups excluding carboxylic acids is 2. The molecule has 0 bridgehead atoms. The summed E-state index contributed by atoms with van der Waals surface area (Å²) in [6.07, 6.45) is 2.01. The minimum absolute atomic E-state index is 0.0483. The number of piperazine rings is 1. The highest BCUT2D eigenvalue weighted by molar-refractivity contribution is 5.94. The van der Waals surface area contributed by atoms with E-state index in [0.29, 0.717) is 31.7 Å². The number of carbonyl (C=O) groups is 2. The van der Waals surface area contributed by atoms with Crippen LogP contribution in [-0.4, -0.2) is 66.1 Å². The summed E-state index contributed by atoms with van der Waals surface area (Å²) in [5, 5.41) is 11.9. The summed E-state index contributed by atoms with van der Waals surface area (Å²) in [5.74, 6) is 0.401. The predicted molar refractivity (Wildman–Crippen MR) is 90.4 cm³/mol. The zero-order valence-corrected chi connectivity index (χ0v) is 13.9. The highest BCUT2D eigenvalue weighted by Gasteiger charge is 2.29. The van der Waals surface area contributed by atoms with Crippen molar-refractivity contribution in [1.82, 2.24) is 15.1 Å². The van der Waals surface area contributed by atoms with Gasteiger partial charge in [-0.25, -0.2) is 0 Å². The Morgan fingerprint density at radius 2 is 1.75 bits per heavy atom. The number of hydrogen-bond acceptors (Lipinski definition) is 4. The minimum Gasteiger partial charge on any atom is -0.395 e. The summed E-state index contributed by atoms with van der Waals surface area (Å²) in [7, 11) is 0. The third-order valence-corrected chi connectivity index (χ3v) is 4.69. The highest BCUT2D eigenvalue weighted by Crippen LogP contribution is 2.28. The van der Waals surface area contributed by atoms with Crippen molar-refractivity contribution in [2.45, 2.75) is 19.4 Å². The van der Waals surface area contributed by atoms with Gasteiger partial charge >= 0.3 is 0 Å². The molecule has 2 aliphatic rings. The second-order valence-corrected chi connectivity index (χ2v) is 6.55. The molecule has 1 aromatic carbocycles. The minimum atomic E-state index is 0.0483. The van der Waals surface area contributed by atoms with Crippen LogP contribution in [0.15, 0.2) is 24.3 Å². The molecule has 0 atom stereocenters. The van der Waals surface area contributed by atoms with Gasteiger partial charge in [0.15, 0.2) is 0 Å². The van der Waals surface area contributed by atoms with Crippen LogP contribution < -0.4 is 5.32 Å². The van der Waals surface area contributed by atoms with E-state index in [0.717, 1.165) is 31.5 Å². The molecule has 1 saturated carbocycles. The van der Waals surface area contributed by atoms with Crippen molar-refractivity contribution in [3.8, 4) is 0 Å². The smallest absolute Gasteiger partial charge is 0.253 e. The van der Waals surface area contributed by atoms with Crippen LogP contribution in [-0.2, 0) is 11.3 Å². The number of nitrogens with zero attached hydrogens (tertiary/aromatic N) is 2. The van der Waals surface area contributed by atoms with Crippen LogP contribution in [0.25, 0.3) is 0 Å². The quantitative estimate of drug-likeness (QED) is 0.794. The largest absolute Gasteiger partial charge is 0.395 e. The lowest BCUT2D eigenvalue weighted by molar-refractivity contribution is -0.122. The summed E-state index contributed by atoms with van der Waals surface area (Å²) in [4.78, 5) is 28.2. The number of amides is 2. The Morgan fingerprint density at radius 1 is 1.08 bits per heavy atom. The summed E-state index contributed by atoms with van der Waals surface area (Å²) in [6.45, 7) is 4.34. The number of nitrogens with one attached hydrogen (secondary N) is 1. The lowest BCUT2D eigenvalue weighted by atomic mass is 10.1. The fraction of sp³-hybridized carbons (Fsp3) is 0.556. The molecule has 130 valence electrons. The number of β-amino-alcohol motifs (C(OH)–C–C–N with tert-alkyl or cyclic N) is 1. The monoisotopic (exact) mass is 331 g/mol. The Balaban J connectivity index is 1.49. The molecule has 2 fully saturated rings. The van der Waals surface area contributed by atoms with Crippen molar-refractivity contribution in [2.75, 3.05) is 39.3 Å². The van der Waals surface area contributed by atoms with E-state index in [9.17, 15) is 9.59 Å². The molecular weight excluding hydrogens is 306 g/mol. The molecule has 6 heteroatoms. The average Bonchev–Trinajstić information content (AvgIpc) is 3.46. The third-order valence-electron chi connectivity index (χ3n) is 4.69. The molecule has 1 aromatic rings. The molecule has 24 heavy (non-hydrogen) atoms. The Kier molecular flexibility index (Phi) is 5.48. The van der Waals surface area contributed by atoms with E-state index in [2.05, 4.69) is 10.2 Å². The zero-order chi connectivity index (χ0) is 16.9. The second kappa shape index (κ2) is 7.77. The highest BCUT2D eigenvalue weighted by atomic mass is 16.3. The molecule has 1 heterocycles. The van der Waals surface area contributed by atoms with Gasteiger partial charge < -0.3 is 15.3 Å². The van der Waals surface area contributed by atoms with Crippen LogP contribution in [0.4, 0.5) is 0 Å². The third kappa shape index (κ3) is 4.33. The Morgan fingerprint density at radius 3 is 2.33 bits per heavy atom. The van der Waals surface area contributed by atoms with Gasteiger partial charge in [0.25, 0.3) is 5.91 Å². The predicted octanol–water partition coefficient (Wildman–Crippen LogP) is 0.463. The summed E-state index contributed by atoms with van der Waals surface area (Å²) in [5.41, 5.74) is 1.69. The van der Waals surface area contributed by atoms with Gasteiger partial charge in [0.2, 0.25) is 5.91 Å². The van der Waals surface area contributed by atoms with Gasteiger partial charge in [-0.15, -0.1) is 0 Å². The van der Waals surface area contributed by atoms with Crippen LogP contribution in [0.5, 0.6) is 0 Å². The number of aliphatic hydroxyl groups excluding tert-OH is 1. The van der Waals surface area contributed by atoms with E-state index in [-0.39, 0.29) is 24.3 Å². The lowest BCUT2D eigenvalue weighted by Gasteiger charge is -2.34. The van der Waals surface area contributed by atoms with E-state index in [1.54, 1.807) is 0 Å². The van der Waals surface area contributed by atoms with Gasteiger partial charge in [-0.05, 0) is 30.5 Å². The van der Waals surface area contributed by atoms with Gasteiger partial charge in [-0.1, -0.05) is 12.1 Å². The summed E-state index contributed by atoms with van der Waals surface area (Å²) in [6, 6.07) is 7.48. The Bertz CT molecular complexity index is 576. The lowest BCUT2D eigenvalue weighted by Crippen LogP contribution is -2.49. The van der Waals surface area contributed by atoms with Crippen molar-refractivity contribution in [3.63, 3.8) is 0 Å². The van der Waals surface area contributed by atoms with Gasteiger partial charge in [0.1, 0.15) is 0 Å². The maximum Gasteiger partial charge on any atom is 0.253 e. The Hall–Kier alpha value is -1.92. The maximum absolute atomic E-state index is 12.5. The maximum atomic E-state index is 12.5. The molecule has 2 amide bonds. The second-order valence-electron chi connectivity index (χ2n) is 6.55. The van der Waals surface area contributed by atoms with E-state index in [1.807, 2.05) is 29.2 Å². The first-order valence-corrected chi connectivity index (χ1v) is 8.66. The first kappa shape index (κ1) is 16.9. The van der Waals surface area contributed by atoms with Gasteiger partial charge in [-0.2, -0.15) is 0 Å². The standard InChI is InChI=1S/C18H25N3O3/c22-12-11-20-7-9-21(10-8-20)18(24)16-3-1-14(2-4-16)13-19-17(23)15-5-6-15/h1-4,15,22H,5-13H2,(H,19,23). The summed E-state index contributed by atoms with van der Waals surface area (Å²) >= 11 is 0. The van der Waals surface area contributed by atoms with Gasteiger partial charge in [-0.3, -0.25) is 14.5 Å². The fourth-order valence-corrected chi connectivity index (χ4v) is 2.94. The molecule has 0 spiro atoms. The van der Waals surface area contributed by atoms with Gasteiger partial charge in [0, 0.05) is 50.7 Å². The van der Waals surface area contributed by atoms with Crippen molar-refractivity contribution in [3.05, 3.63) is 35.4 Å². The van der Waals surface area contributed by atoms with Crippen LogP contribution in [0.1, 0.15) is 28.8 Å². The van der Waals surface area contributed by atoms with Crippen LogP contribution in [0, 0.1) is 5.92 Å². The molecule has 6 nitrogen and oxygen atoms in total. The van der Waals surface area contributed by atoms with E-state index >= 15 is 0 Å². The number of rotatable bonds is 6. The molecule has 3 rings (SSSR count). The molecule has 1 aliphatic carbocycles. The number of hydrogen-bond donors (Lipinski definition) is 2. The zero-order valence-electron chi connectivity index (χ0n) is 13.9. The first-order chi connectivity index (χ1) is 11.7. The Labute approximate surface area is 142 Å². The van der Waals surface area contributed by atoms with Gasteiger partial charge in [0.05, 0.1) is 6.61 Å². The SMILES string of the molecule is O=C(NCc1ccc(C(=O)N2CCN(CCO)CC2)cc1)C1CC1.